The molecule has 1 aromatic rings. The lowest BCUT2D eigenvalue weighted by Crippen LogP contribution is -2.39. The number of ketones is 1. The molecular weight excluding hydrogens is 201 g/mol. The van der Waals surface area contributed by atoms with E-state index in [9.17, 15) is 14.0 Å². The van der Waals surface area contributed by atoms with Crippen LogP contribution in [0.2, 0.25) is 0 Å². The number of carbonyl (C=O) groups excluding carboxylic acids is 2. The van der Waals surface area contributed by atoms with Gasteiger partial charge in [0.05, 0.1) is 7.11 Å². The molecule has 0 radical (unpaired) electrons. The van der Waals surface area contributed by atoms with Crippen molar-refractivity contribution in [3.05, 3.63) is 35.6 Å². The molecule has 1 aromatic carbocycles. The van der Waals surface area contributed by atoms with E-state index in [0.717, 1.165) is 13.2 Å². The van der Waals surface area contributed by atoms with E-state index >= 15 is 0 Å². The number of methoxy groups -OCH3 is 1. The van der Waals surface area contributed by atoms with E-state index in [1.165, 1.54) is 18.2 Å². The van der Waals surface area contributed by atoms with Crippen LogP contribution in [0.15, 0.2) is 24.3 Å². The zero-order chi connectivity index (χ0) is 11.4. The van der Waals surface area contributed by atoms with Gasteiger partial charge in [0.2, 0.25) is 0 Å². The Morgan fingerprint density at radius 2 is 2.13 bits per heavy atom. The van der Waals surface area contributed by atoms with Gasteiger partial charge < -0.3 is 10.5 Å². The normalized spacial score (nSPS) is 11.9. The Morgan fingerprint density at radius 1 is 1.47 bits per heavy atom. The topological polar surface area (TPSA) is 69.4 Å². The lowest BCUT2D eigenvalue weighted by molar-refractivity contribution is -0.140. The number of hydrogen-bond donors (Lipinski definition) is 1. The zero-order valence-corrected chi connectivity index (χ0v) is 8.07. The summed E-state index contributed by atoms with van der Waals surface area (Å²) in [4.78, 5) is 22.5. The molecule has 0 bridgehead atoms. The van der Waals surface area contributed by atoms with Crippen LogP contribution in [0.1, 0.15) is 10.4 Å². The van der Waals surface area contributed by atoms with Crippen LogP contribution in [0, 0.1) is 5.82 Å². The molecule has 0 aromatic heterocycles. The number of esters is 1. The van der Waals surface area contributed by atoms with Crippen molar-refractivity contribution in [1.82, 2.24) is 0 Å². The van der Waals surface area contributed by atoms with Crippen LogP contribution in [-0.2, 0) is 9.53 Å². The first-order chi connectivity index (χ1) is 7.06. The average molecular weight is 211 g/mol. The predicted octanol–water partition coefficient (Wildman–Crippen LogP) is 0.509. The molecule has 4 nitrogen and oxygen atoms in total. The van der Waals surface area contributed by atoms with Crippen LogP contribution in [0.25, 0.3) is 0 Å². The summed E-state index contributed by atoms with van der Waals surface area (Å²) < 4.78 is 17.1. The third kappa shape index (κ3) is 2.60. The van der Waals surface area contributed by atoms with Gasteiger partial charge in [-0.1, -0.05) is 12.1 Å². The number of benzene rings is 1. The number of halogens is 1. The van der Waals surface area contributed by atoms with Crippen molar-refractivity contribution < 1.29 is 18.7 Å². The summed E-state index contributed by atoms with van der Waals surface area (Å²) >= 11 is 0. The maximum absolute atomic E-state index is 12.8. The van der Waals surface area contributed by atoms with Crippen molar-refractivity contribution in [3.8, 4) is 0 Å². The van der Waals surface area contributed by atoms with Gasteiger partial charge in [-0.2, -0.15) is 0 Å². The van der Waals surface area contributed by atoms with Gasteiger partial charge in [-0.25, -0.2) is 9.18 Å². The van der Waals surface area contributed by atoms with Gasteiger partial charge in [0, 0.05) is 5.56 Å². The first-order valence-corrected chi connectivity index (χ1v) is 4.19. The Bertz CT molecular complexity index is 392. The first-order valence-electron chi connectivity index (χ1n) is 4.19. The van der Waals surface area contributed by atoms with Crippen molar-refractivity contribution in [3.63, 3.8) is 0 Å². The number of nitrogens with two attached hydrogens (primary N) is 1. The average Bonchev–Trinajstić information content (AvgIpc) is 2.26. The highest BCUT2D eigenvalue weighted by Crippen LogP contribution is 2.06. The molecule has 0 fully saturated rings. The summed E-state index contributed by atoms with van der Waals surface area (Å²) in [6.45, 7) is 0. The molecule has 0 heterocycles. The first kappa shape index (κ1) is 11.3. The Balaban J connectivity index is 2.90. The lowest BCUT2D eigenvalue weighted by atomic mass is 10.1. The Labute approximate surface area is 85.8 Å². The zero-order valence-electron chi connectivity index (χ0n) is 8.07. The van der Waals surface area contributed by atoms with Crippen molar-refractivity contribution in [2.75, 3.05) is 7.11 Å². The van der Waals surface area contributed by atoms with Gasteiger partial charge in [-0.3, -0.25) is 4.79 Å². The minimum atomic E-state index is -1.41. The molecule has 0 saturated heterocycles. The molecular formula is C10H10FNO3. The number of Topliss-reactive ketones (excluding diaryl/α,β-unsaturated/α-hetero) is 1. The van der Waals surface area contributed by atoms with E-state index in [-0.39, 0.29) is 5.56 Å². The van der Waals surface area contributed by atoms with Crippen molar-refractivity contribution in [2.24, 2.45) is 5.73 Å². The highest BCUT2D eigenvalue weighted by atomic mass is 19.1. The van der Waals surface area contributed by atoms with E-state index in [1.807, 2.05) is 0 Å². The van der Waals surface area contributed by atoms with Crippen LogP contribution in [0.3, 0.4) is 0 Å². The molecule has 5 heteroatoms. The molecule has 0 aliphatic carbocycles. The second kappa shape index (κ2) is 4.65. The van der Waals surface area contributed by atoms with E-state index < -0.39 is 23.6 Å². The number of carbonyl (C=O) groups is 2. The van der Waals surface area contributed by atoms with Crippen molar-refractivity contribution >= 4 is 11.8 Å². The smallest absolute Gasteiger partial charge is 0.330 e. The fourth-order valence-corrected chi connectivity index (χ4v) is 1.06. The molecule has 0 saturated carbocycles. The molecule has 0 aliphatic heterocycles. The monoisotopic (exact) mass is 211 g/mol. The van der Waals surface area contributed by atoms with Crippen LogP contribution in [0.4, 0.5) is 4.39 Å². The minimum Gasteiger partial charge on any atom is -0.468 e. The molecule has 15 heavy (non-hydrogen) atoms. The second-order valence-corrected chi connectivity index (χ2v) is 2.88. The van der Waals surface area contributed by atoms with Gasteiger partial charge in [-0.15, -0.1) is 0 Å². The van der Waals surface area contributed by atoms with Crippen LogP contribution in [0.5, 0.6) is 0 Å². The largest absolute Gasteiger partial charge is 0.468 e. The molecule has 0 amide bonds. The molecule has 0 spiro atoms. The van der Waals surface area contributed by atoms with Crippen molar-refractivity contribution in [2.45, 2.75) is 6.04 Å². The Hall–Kier alpha value is -1.75. The second-order valence-electron chi connectivity index (χ2n) is 2.88. The highest BCUT2D eigenvalue weighted by molar-refractivity contribution is 6.11. The highest BCUT2D eigenvalue weighted by Gasteiger charge is 2.24. The standard InChI is InChI=1S/C10H10FNO3/c1-15-10(14)8(12)9(13)6-3-2-4-7(11)5-6/h2-5,8H,12H2,1H3. The third-order valence-electron chi connectivity index (χ3n) is 1.85. The maximum atomic E-state index is 12.8. The number of rotatable bonds is 3. The summed E-state index contributed by atoms with van der Waals surface area (Å²) in [7, 11) is 1.13. The number of hydrogen-bond acceptors (Lipinski definition) is 4. The van der Waals surface area contributed by atoms with Gasteiger partial charge in [0.25, 0.3) is 0 Å². The van der Waals surface area contributed by atoms with Crippen LogP contribution in [-0.4, -0.2) is 24.9 Å². The number of ether oxygens (including phenoxy) is 1. The Kier molecular flexibility index (Phi) is 3.51. The van der Waals surface area contributed by atoms with Gasteiger partial charge in [-0.05, 0) is 12.1 Å². The molecule has 0 aliphatic rings. The van der Waals surface area contributed by atoms with E-state index in [2.05, 4.69) is 4.74 Å². The quantitative estimate of drug-likeness (QED) is 0.449. The van der Waals surface area contributed by atoms with E-state index in [1.54, 1.807) is 0 Å². The van der Waals surface area contributed by atoms with E-state index in [4.69, 9.17) is 5.73 Å². The van der Waals surface area contributed by atoms with Crippen LogP contribution >= 0.6 is 0 Å². The fraction of sp³-hybridized carbons (Fsp3) is 0.200. The van der Waals surface area contributed by atoms with Crippen LogP contribution < -0.4 is 5.73 Å². The van der Waals surface area contributed by atoms with Gasteiger partial charge in [0.15, 0.2) is 11.8 Å². The summed E-state index contributed by atoms with van der Waals surface area (Å²) in [5, 5.41) is 0. The SMILES string of the molecule is COC(=O)C(N)C(=O)c1cccc(F)c1. The summed E-state index contributed by atoms with van der Waals surface area (Å²) in [6, 6.07) is 3.56. The summed E-state index contributed by atoms with van der Waals surface area (Å²) in [5.74, 6) is -2.07. The van der Waals surface area contributed by atoms with Gasteiger partial charge in [0.1, 0.15) is 5.82 Å². The van der Waals surface area contributed by atoms with Gasteiger partial charge >= 0.3 is 5.97 Å². The molecule has 1 rings (SSSR count). The lowest BCUT2D eigenvalue weighted by Gasteiger charge is -2.07. The van der Waals surface area contributed by atoms with Crippen molar-refractivity contribution in [1.29, 1.82) is 0 Å². The molecule has 80 valence electrons. The summed E-state index contributed by atoms with van der Waals surface area (Å²) in [5.41, 5.74) is 5.36. The Morgan fingerprint density at radius 3 is 2.67 bits per heavy atom. The molecule has 2 N–H and O–H groups in total. The fourth-order valence-electron chi connectivity index (χ4n) is 1.06. The summed E-state index contributed by atoms with van der Waals surface area (Å²) in [6.07, 6.45) is 0. The maximum Gasteiger partial charge on any atom is 0.330 e. The molecule has 1 unspecified atom stereocenters. The third-order valence-corrected chi connectivity index (χ3v) is 1.85. The van der Waals surface area contributed by atoms with E-state index in [0.29, 0.717) is 0 Å². The predicted molar refractivity (Wildman–Crippen MR) is 50.7 cm³/mol. The molecule has 1 atom stereocenters. The minimum absolute atomic E-state index is 0.0490.